The Balaban J connectivity index is 1.20. The van der Waals surface area contributed by atoms with Crippen LogP contribution in [-0.2, 0) is 17.6 Å². The summed E-state index contributed by atoms with van der Waals surface area (Å²) in [5.74, 6) is -0.353. The molecule has 0 fully saturated rings. The number of hydrogen-bond donors (Lipinski definition) is 2. The number of amides is 2. The van der Waals surface area contributed by atoms with Crippen molar-refractivity contribution in [2.24, 2.45) is 0 Å². The van der Waals surface area contributed by atoms with Gasteiger partial charge in [-0.05, 0) is 78.8 Å². The van der Waals surface area contributed by atoms with Crippen LogP contribution >= 0.6 is 23.1 Å². The Morgan fingerprint density at radius 2 is 1.82 bits per heavy atom. The second-order valence-corrected chi connectivity index (χ2v) is 11.1. The van der Waals surface area contributed by atoms with Crippen LogP contribution in [0.1, 0.15) is 44.3 Å². The van der Waals surface area contributed by atoms with Crippen LogP contribution in [0.5, 0.6) is 0 Å². The van der Waals surface area contributed by atoms with Gasteiger partial charge in [-0.25, -0.2) is 4.39 Å². The minimum atomic E-state index is -0.404. The summed E-state index contributed by atoms with van der Waals surface area (Å²) in [6.45, 7) is 0. The van der Waals surface area contributed by atoms with Crippen LogP contribution < -0.4 is 10.6 Å². The highest BCUT2D eigenvalue weighted by Gasteiger charge is 2.27. The zero-order valence-corrected chi connectivity index (χ0v) is 22.0. The lowest BCUT2D eigenvalue weighted by Crippen LogP contribution is -2.14. The molecule has 0 aliphatic heterocycles. The van der Waals surface area contributed by atoms with Gasteiger partial charge in [-0.3, -0.25) is 9.59 Å². The lowest BCUT2D eigenvalue weighted by Gasteiger charge is -2.22. The van der Waals surface area contributed by atoms with Gasteiger partial charge >= 0.3 is 0 Å². The van der Waals surface area contributed by atoms with Crippen molar-refractivity contribution in [2.75, 3.05) is 16.4 Å². The van der Waals surface area contributed by atoms with E-state index in [0.717, 1.165) is 29.7 Å². The molecule has 2 amide bonds. The van der Waals surface area contributed by atoms with Gasteiger partial charge in [-0.2, -0.15) is 5.26 Å². The van der Waals surface area contributed by atoms with Crippen LogP contribution in [0.4, 0.5) is 15.1 Å². The van der Waals surface area contributed by atoms with Gasteiger partial charge in [0.1, 0.15) is 16.9 Å². The Bertz CT molecular complexity index is 1510. The van der Waals surface area contributed by atoms with Crippen molar-refractivity contribution in [1.29, 1.82) is 5.26 Å². The normalized spacial score (nSPS) is 14.3. The van der Waals surface area contributed by atoms with Crippen LogP contribution in [0, 0.1) is 17.1 Å². The van der Waals surface area contributed by atoms with E-state index in [2.05, 4.69) is 41.0 Å². The smallest absolute Gasteiger partial charge is 0.255 e. The van der Waals surface area contributed by atoms with Crippen molar-refractivity contribution >= 4 is 45.6 Å². The predicted molar refractivity (Wildman–Crippen MR) is 150 cm³/mol. The Morgan fingerprint density at radius 3 is 2.58 bits per heavy atom. The number of hydrogen-bond acceptors (Lipinski definition) is 5. The average molecular weight is 542 g/mol. The lowest BCUT2D eigenvalue weighted by atomic mass is 9.83. The number of thioether (sulfide) groups is 1. The van der Waals surface area contributed by atoms with Crippen LogP contribution in [0.15, 0.2) is 83.8 Å². The van der Waals surface area contributed by atoms with E-state index in [0.29, 0.717) is 27.7 Å². The minimum Gasteiger partial charge on any atom is -0.322 e. The molecular weight excluding hydrogens is 517 g/mol. The molecule has 0 spiro atoms. The molecule has 1 aromatic heterocycles. The highest BCUT2D eigenvalue weighted by Crippen LogP contribution is 2.42. The summed E-state index contributed by atoms with van der Waals surface area (Å²) in [4.78, 5) is 27.2. The van der Waals surface area contributed by atoms with Crippen molar-refractivity contribution in [1.82, 2.24) is 0 Å². The number of halogens is 1. The van der Waals surface area contributed by atoms with E-state index in [9.17, 15) is 19.2 Å². The summed E-state index contributed by atoms with van der Waals surface area (Å²) in [6, 6.07) is 25.3. The van der Waals surface area contributed by atoms with Crippen molar-refractivity contribution in [3.63, 3.8) is 0 Å². The van der Waals surface area contributed by atoms with E-state index in [4.69, 9.17) is 0 Å². The van der Waals surface area contributed by atoms with Gasteiger partial charge in [0.15, 0.2) is 0 Å². The molecule has 8 heteroatoms. The molecule has 1 aliphatic rings. The van der Waals surface area contributed by atoms with Crippen LogP contribution in [-0.4, -0.2) is 17.6 Å². The Hall–Kier alpha value is -3.93. The van der Waals surface area contributed by atoms with Gasteiger partial charge in [-0.1, -0.05) is 36.4 Å². The summed E-state index contributed by atoms with van der Waals surface area (Å²) in [6.07, 6.45) is 2.69. The minimum absolute atomic E-state index is 0.162. The lowest BCUT2D eigenvalue weighted by molar-refractivity contribution is -0.113. The first-order chi connectivity index (χ1) is 18.5. The van der Waals surface area contributed by atoms with Crippen molar-refractivity contribution < 1.29 is 14.0 Å². The SMILES string of the molecule is N#Cc1c(NC(=O)CSc2cccc(NC(=O)c3ccc(F)cc3)c2)sc2c1CCC(c1ccccc1)C2. The number of nitrogens with one attached hydrogen (secondary N) is 2. The maximum atomic E-state index is 13.1. The molecule has 2 N–H and O–H groups in total. The average Bonchev–Trinajstić information content (AvgIpc) is 3.29. The number of rotatable bonds is 7. The summed E-state index contributed by atoms with van der Waals surface area (Å²) in [5, 5.41) is 16.2. The van der Waals surface area contributed by atoms with Crippen LogP contribution in [0.2, 0.25) is 0 Å². The highest BCUT2D eigenvalue weighted by molar-refractivity contribution is 8.00. The van der Waals surface area contributed by atoms with Gasteiger partial charge < -0.3 is 10.6 Å². The zero-order valence-electron chi connectivity index (χ0n) is 20.4. The molecule has 1 aliphatic carbocycles. The van der Waals surface area contributed by atoms with Crippen molar-refractivity contribution in [3.05, 3.63) is 112 Å². The third-order valence-electron chi connectivity index (χ3n) is 6.47. The highest BCUT2D eigenvalue weighted by atomic mass is 32.2. The number of carbonyl (C=O) groups is 2. The molecule has 190 valence electrons. The molecular formula is C30H24FN3O2S2. The first-order valence-electron chi connectivity index (χ1n) is 12.2. The summed E-state index contributed by atoms with van der Waals surface area (Å²) in [5.41, 5.74) is 3.89. The van der Waals surface area contributed by atoms with Crippen molar-refractivity contribution in [3.8, 4) is 6.07 Å². The molecule has 1 heterocycles. The second-order valence-electron chi connectivity index (χ2n) is 9.00. The van der Waals surface area contributed by atoms with Gasteiger partial charge in [0.05, 0.1) is 11.3 Å². The third kappa shape index (κ3) is 5.96. The number of thiophene rings is 1. The summed E-state index contributed by atoms with van der Waals surface area (Å²) >= 11 is 2.85. The summed E-state index contributed by atoms with van der Waals surface area (Å²) < 4.78 is 13.1. The van der Waals surface area contributed by atoms with Gasteiger partial charge in [0, 0.05) is 21.0 Å². The Labute approximate surface area is 228 Å². The molecule has 38 heavy (non-hydrogen) atoms. The molecule has 5 nitrogen and oxygen atoms in total. The van der Waals surface area contributed by atoms with E-state index in [1.807, 2.05) is 12.1 Å². The molecule has 3 aromatic carbocycles. The number of nitriles is 1. The predicted octanol–water partition coefficient (Wildman–Crippen LogP) is 7.01. The monoisotopic (exact) mass is 541 g/mol. The van der Waals surface area contributed by atoms with E-state index in [1.165, 1.54) is 57.8 Å². The fraction of sp³-hybridized carbons (Fsp3) is 0.167. The molecule has 0 saturated heterocycles. The fourth-order valence-corrected chi connectivity index (χ4v) is 6.63. The number of nitrogens with zero attached hydrogens (tertiary/aromatic N) is 1. The summed E-state index contributed by atoms with van der Waals surface area (Å²) in [7, 11) is 0. The molecule has 1 unspecified atom stereocenters. The first kappa shape index (κ1) is 25.7. The molecule has 4 aromatic rings. The van der Waals surface area contributed by atoms with E-state index in [1.54, 1.807) is 18.2 Å². The van der Waals surface area contributed by atoms with Gasteiger partial charge in [0.2, 0.25) is 5.91 Å². The van der Waals surface area contributed by atoms with Crippen molar-refractivity contribution in [2.45, 2.75) is 30.1 Å². The molecule has 0 radical (unpaired) electrons. The molecule has 0 saturated carbocycles. The zero-order chi connectivity index (χ0) is 26.5. The maximum absolute atomic E-state index is 13.1. The molecule has 0 bridgehead atoms. The Kier molecular flexibility index (Phi) is 7.87. The quantitative estimate of drug-likeness (QED) is 0.247. The number of benzene rings is 3. The molecule has 5 rings (SSSR count). The topological polar surface area (TPSA) is 82.0 Å². The fourth-order valence-electron chi connectivity index (χ4n) is 4.58. The Morgan fingerprint density at radius 1 is 1.03 bits per heavy atom. The van der Waals surface area contributed by atoms with E-state index < -0.39 is 5.82 Å². The second kappa shape index (κ2) is 11.6. The first-order valence-corrected chi connectivity index (χ1v) is 14.0. The van der Waals surface area contributed by atoms with Crippen LogP contribution in [0.3, 0.4) is 0 Å². The number of fused-ring (bicyclic) bond motifs is 1. The van der Waals surface area contributed by atoms with E-state index >= 15 is 0 Å². The van der Waals surface area contributed by atoms with Crippen LogP contribution in [0.25, 0.3) is 0 Å². The number of anilines is 2. The maximum Gasteiger partial charge on any atom is 0.255 e. The van der Waals surface area contributed by atoms with Gasteiger partial charge in [-0.15, -0.1) is 23.1 Å². The third-order valence-corrected chi connectivity index (χ3v) is 8.63. The largest absolute Gasteiger partial charge is 0.322 e. The number of carbonyl (C=O) groups excluding carboxylic acids is 2. The van der Waals surface area contributed by atoms with Gasteiger partial charge in [0.25, 0.3) is 5.91 Å². The van der Waals surface area contributed by atoms with E-state index in [-0.39, 0.29) is 17.6 Å². The standard InChI is InChI=1S/C30H24FN3O2S2/c31-22-12-9-20(10-13-22)29(36)33-23-7-4-8-24(16-23)37-18-28(35)34-30-26(17-32)25-14-11-21(15-27(25)38-30)19-5-2-1-3-6-19/h1-10,12-13,16,21H,11,14-15,18H2,(H,33,36)(H,34,35). The molecule has 1 atom stereocenters.